The zero-order valence-electron chi connectivity index (χ0n) is 14.2. The third kappa shape index (κ3) is 3.40. The second kappa shape index (κ2) is 6.83. The minimum atomic E-state index is -1.91. The van der Waals surface area contributed by atoms with Crippen LogP contribution in [0.2, 0.25) is 0 Å². The third-order valence-electron chi connectivity index (χ3n) is 3.87. The summed E-state index contributed by atoms with van der Waals surface area (Å²) >= 11 is 0. The quantitative estimate of drug-likeness (QED) is 0.542. The van der Waals surface area contributed by atoms with Crippen LogP contribution >= 0.6 is 0 Å². The summed E-state index contributed by atoms with van der Waals surface area (Å²) in [6, 6.07) is 0. The lowest BCUT2D eigenvalue weighted by Gasteiger charge is -2.19. The highest BCUT2D eigenvalue weighted by Gasteiger charge is 2.50. The Hall–Kier alpha value is -3.22. The Morgan fingerprint density at radius 3 is 2.63 bits per heavy atom. The summed E-state index contributed by atoms with van der Waals surface area (Å²) in [5.74, 6) is -1.76. The van der Waals surface area contributed by atoms with E-state index in [1.54, 1.807) is 0 Å². The molecule has 0 aliphatic carbocycles. The van der Waals surface area contributed by atoms with Crippen LogP contribution in [0.3, 0.4) is 0 Å². The number of hydrogen-bond acceptors (Lipinski definition) is 9. The highest BCUT2D eigenvalue weighted by molar-refractivity contribution is 5.71. The Labute approximate surface area is 149 Å². The van der Waals surface area contributed by atoms with E-state index < -0.39 is 54.4 Å². The van der Waals surface area contributed by atoms with Gasteiger partial charge in [0.05, 0.1) is 0 Å². The normalized spacial score (nSPS) is 24.9. The maximum absolute atomic E-state index is 14.8. The number of nitrogens with one attached hydrogen (secondary N) is 2. The number of fused-ring (bicyclic) bond motifs is 1. The van der Waals surface area contributed by atoms with Crippen molar-refractivity contribution in [3.05, 3.63) is 20.8 Å². The maximum Gasteiger partial charge on any atom is 0.330 e. The molecule has 12 nitrogen and oxygen atoms in total. The Kier molecular flexibility index (Phi) is 4.70. The molecule has 0 spiro atoms. The standard InChI is InChI=1S/C14H16FN5O7/c1-4(21)25-3-6-7(15)9(26-5(2)22)12(27-6)20-10-8(17-14(20)24)11(23)19-13(16)18-10/h6-7,9,12H,3H2,1-2H3,(H,17,24)(H3,16,18,19,23)/t6-,7-,9-,12-/m1/s1. The molecule has 27 heavy (non-hydrogen) atoms. The fourth-order valence-electron chi connectivity index (χ4n) is 2.82. The molecule has 1 saturated heterocycles. The Morgan fingerprint density at radius 1 is 1.30 bits per heavy atom. The van der Waals surface area contributed by atoms with E-state index in [2.05, 4.69) is 15.0 Å². The predicted molar refractivity (Wildman–Crippen MR) is 86.4 cm³/mol. The van der Waals surface area contributed by atoms with Crippen molar-refractivity contribution in [2.75, 3.05) is 12.3 Å². The zero-order chi connectivity index (χ0) is 19.9. The van der Waals surface area contributed by atoms with Gasteiger partial charge in [0.2, 0.25) is 5.95 Å². The lowest BCUT2D eigenvalue weighted by atomic mass is 10.1. The van der Waals surface area contributed by atoms with Gasteiger partial charge in [-0.15, -0.1) is 0 Å². The first kappa shape index (κ1) is 18.6. The van der Waals surface area contributed by atoms with Gasteiger partial charge in [-0.1, -0.05) is 0 Å². The minimum absolute atomic E-state index is 0.205. The summed E-state index contributed by atoms with van der Waals surface area (Å²) in [6.45, 7) is 1.73. The number of esters is 2. The van der Waals surface area contributed by atoms with Crippen LogP contribution in [0.25, 0.3) is 11.2 Å². The van der Waals surface area contributed by atoms with Crippen LogP contribution in [0, 0.1) is 0 Å². The second-order valence-corrected chi connectivity index (χ2v) is 5.84. The summed E-state index contributed by atoms with van der Waals surface area (Å²) in [7, 11) is 0. The number of aromatic amines is 2. The number of nitrogens with zero attached hydrogens (tertiary/aromatic N) is 2. The molecule has 146 valence electrons. The number of hydrogen-bond donors (Lipinski definition) is 3. The first-order chi connectivity index (χ1) is 12.7. The van der Waals surface area contributed by atoms with E-state index in [9.17, 15) is 23.6 Å². The van der Waals surface area contributed by atoms with Gasteiger partial charge in [-0.25, -0.2) is 13.8 Å². The van der Waals surface area contributed by atoms with Crippen molar-refractivity contribution in [3.8, 4) is 0 Å². The van der Waals surface area contributed by atoms with E-state index >= 15 is 0 Å². The molecule has 3 rings (SSSR count). The van der Waals surface area contributed by atoms with Crippen LogP contribution in [0.15, 0.2) is 9.59 Å². The number of ether oxygens (including phenoxy) is 3. The van der Waals surface area contributed by atoms with Crippen molar-refractivity contribution >= 4 is 29.1 Å². The van der Waals surface area contributed by atoms with E-state index in [-0.39, 0.29) is 17.1 Å². The molecule has 4 atom stereocenters. The average molecular weight is 385 g/mol. The highest BCUT2D eigenvalue weighted by Crippen LogP contribution is 2.34. The molecule has 1 aliphatic heterocycles. The second-order valence-electron chi connectivity index (χ2n) is 5.84. The number of carbonyl (C=O) groups excluding carboxylic acids is 2. The van der Waals surface area contributed by atoms with Crippen molar-refractivity contribution in [2.45, 2.75) is 38.5 Å². The first-order valence-corrected chi connectivity index (χ1v) is 7.79. The number of H-pyrrole nitrogens is 2. The molecule has 2 aromatic rings. The molecule has 2 aromatic heterocycles. The van der Waals surface area contributed by atoms with Crippen molar-refractivity contribution in [2.24, 2.45) is 0 Å². The largest absolute Gasteiger partial charge is 0.463 e. The van der Waals surface area contributed by atoms with Crippen LogP contribution in [-0.4, -0.2) is 56.4 Å². The van der Waals surface area contributed by atoms with Gasteiger partial charge >= 0.3 is 17.6 Å². The van der Waals surface area contributed by atoms with Crippen LogP contribution in [0.4, 0.5) is 10.3 Å². The summed E-state index contributed by atoms with van der Waals surface area (Å²) in [5.41, 5.74) is 3.51. The fraction of sp³-hybridized carbons (Fsp3) is 0.500. The topological polar surface area (TPSA) is 171 Å². The van der Waals surface area contributed by atoms with Gasteiger partial charge < -0.3 is 19.9 Å². The molecular formula is C14H16FN5O7. The van der Waals surface area contributed by atoms with Crippen molar-refractivity contribution in [1.29, 1.82) is 0 Å². The lowest BCUT2D eigenvalue weighted by molar-refractivity contribution is -0.154. The van der Waals surface area contributed by atoms with Gasteiger partial charge in [-0.05, 0) is 0 Å². The monoisotopic (exact) mass is 385 g/mol. The van der Waals surface area contributed by atoms with E-state index in [0.717, 1.165) is 18.4 Å². The smallest absolute Gasteiger partial charge is 0.330 e. The molecule has 0 radical (unpaired) electrons. The SMILES string of the molecule is CC(=O)OC[C@H]1O[C@@H](n2c(=O)[nH]c3c(=O)[nH]c(N)nc32)[C@H](OC(C)=O)[C@@H]1F. The number of alkyl halides is 1. The van der Waals surface area contributed by atoms with Crippen molar-refractivity contribution in [1.82, 2.24) is 19.5 Å². The van der Waals surface area contributed by atoms with Gasteiger partial charge in [0.25, 0.3) is 5.56 Å². The van der Waals surface area contributed by atoms with E-state index in [0.29, 0.717) is 0 Å². The number of anilines is 1. The number of halogens is 1. The molecule has 1 aliphatic rings. The molecule has 0 aromatic carbocycles. The van der Waals surface area contributed by atoms with Gasteiger partial charge in [0.15, 0.2) is 29.7 Å². The van der Waals surface area contributed by atoms with Crippen LogP contribution < -0.4 is 17.0 Å². The Bertz CT molecular complexity index is 1010. The predicted octanol–water partition coefficient (Wildman–Crippen LogP) is -1.27. The minimum Gasteiger partial charge on any atom is -0.463 e. The fourth-order valence-corrected chi connectivity index (χ4v) is 2.82. The summed E-state index contributed by atoms with van der Waals surface area (Å²) in [5, 5.41) is 0. The van der Waals surface area contributed by atoms with E-state index in [1.165, 1.54) is 0 Å². The average Bonchev–Trinajstić information content (AvgIpc) is 3.03. The van der Waals surface area contributed by atoms with Gasteiger partial charge in [-0.3, -0.25) is 24.4 Å². The van der Waals surface area contributed by atoms with Crippen LogP contribution in [0.1, 0.15) is 20.1 Å². The van der Waals surface area contributed by atoms with Gasteiger partial charge in [0.1, 0.15) is 12.7 Å². The van der Waals surface area contributed by atoms with Gasteiger partial charge in [0, 0.05) is 13.8 Å². The van der Waals surface area contributed by atoms with Crippen molar-refractivity contribution < 1.29 is 28.2 Å². The molecule has 0 amide bonds. The molecule has 4 N–H and O–H groups in total. The molecule has 0 bridgehead atoms. The maximum atomic E-state index is 14.8. The number of rotatable bonds is 4. The number of nitrogens with two attached hydrogens (primary N) is 1. The lowest BCUT2D eigenvalue weighted by Crippen LogP contribution is -2.36. The van der Waals surface area contributed by atoms with E-state index in [1.807, 2.05) is 0 Å². The van der Waals surface area contributed by atoms with Crippen molar-refractivity contribution in [3.63, 3.8) is 0 Å². The van der Waals surface area contributed by atoms with Gasteiger partial charge in [-0.2, -0.15) is 4.98 Å². The third-order valence-corrected chi connectivity index (χ3v) is 3.87. The number of imidazole rings is 1. The zero-order valence-corrected chi connectivity index (χ0v) is 14.2. The van der Waals surface area contributed by atoms with E-state index in [4.69, 9.17) is 19.9 Å². The van der Waals surface area contributed by atoms with Crippen LogP contribution in [0.5, 0.6) is 0 Å². The number of nitrogen functional groups attached to an aromatic ring is 1. The molecule has 0 saturated carbocycles. The van der Waals surface area contributed by atoms with Crippen LogP contribution in [-0.2, 0) is 23.8 Å². The Morgan fingerprint density at radius 2 is 2.00 bits per heavy atom. The molecular weight excluding hydrogens is 369 g/mol. The highest BCUT2D eigenvalue weighted by atomic mass is 19.1. The number of aromatic nitrogens is 4. The number of carbonyl (C=O) groups is 2. The molecule has 0 unspecified atom stereocenters. The molecule has 13 heteroatoms. The summed E-state index contributed by atoms with van der Waals surface area (Å²) in [6.07, 6.45) is -6.21. The summed E-state index contributed by atoms with van der Waals surface area (Å²) < 4.78 is 30.8. The summed E-state index contributed by atoms with van der Waals surface area (Å²) in [4.78, 5) is 55.0. The Balaban J connectivity index is 2.07. The molecule has 3 heterocycles. The molecule has 1 fully saturated rings. The first-order valence-electron chi connectivity index (χ1n) is 7.79.